The molecule has 0 aliphatic carbocycles. The van der Waals surface area contributed by atoms with Crippen molar-refractivity contribution in [3.05, 3.63) is 65.5 Å². The van der Waals surface area contributed by atoms with E-state index in [4.69, 9.17) is 4.74 Å². The molecular formula is C17H22N2O. The van der Waals surface area contributed by atoms with Crippen molar-refractivity contribution in [3.8, 4) is 0 Å². The summed E-state index contributed by atoms with van der Waals surface area (Å²) in [5, 5.41) is 0. The molecule has 0 fully saturated rings. The summed E-state index contributed by atoms with van der Waals surface area (Å²) >= 11 is 0. The Hall–Kier alpha value is -1.71. The maximum atomic E-state index is 5.13. The highest BCUT2D eigenvalue weighted by Crippen LogP contribution is 2.19. The Bertz CT molecular complexity index is 510. The molecule has 0 saturated carbocycles. The number of hydrogen-bond donors (Lipinski definition) is 0. The molecule has 1 aromatic heterocycles. The van der Waals surface area contributed by atoms with E-state index < -0.39 is 0 Å². The molecule has 106 valence electrons. The molecule has 0 amide bonds. The maximum Gasteiger partial charge on any atom is 0.0713 e. The molecule has 1 aromatic carbocycles. The Morgan fingerprint density at radius 1 is 1.15 bits per heavy atom. The Balaban J connectivity index is 1.98. The standard InChI is InChI=1S/C17H22N2O/c1-14(17-5-4-10-18-11-17)19(2)12-15-6-8-16(9-7-15)13-20-3/h4-11,14H,12-13H2,1-3H3. The van der Waals surface area contributed by atoms with Crippen molar-refractivity contribution >= 4 is 0 Å². The summed E-state index contributed by atoms with van der Waals surface area (Å²) in [4.78, 5) is 6.51. The van der Waals surface area contributed by atoms with E-state index in [2.05, 4.69) is 54.2 Å². The van der Waals surface area contributed by atoms with Crippen LogP contribution in [0.3, 0.4) is 0 Å². The smallest absolute Gasteiger partial charge is 0.0713 e. The first-order valence-electron chi connectivity index (χ1n) is 6.87. The van der Waals surface area contributed by atoms with Gasteiger partial charge in [-0.05, 0) is 36.7 Å². The van der Waals surface area contributed by atoms with Crippen molar-refractivity contribution in [2.75, 3.05) is 14.2 Å². The van der Waals surface area contributed by atoms with Crippen LogP contribution >= 0.6 is 0 Å². The van der Waals surface area contributed by atoms with Gasteiger partial charge in [0.15, 0.2) is 0 Å². The molecular weight excluding hydrogens is 248 g/mol. The molecule has 3 heteroatoms. The van der Waals surface area contributed by atoms with Gasteiger partial charge in [-0.15, -0.1) is 0 Å². The van der Waals surface area contributed by atoms with Gasteiger partial charge in [0, 0.05) is 32.1 Å². The fraction of sp³-hybridized carbons (Fsp3) is 0.353. The molecule has 2 rings (SSSR count). The van der Waals surface area contributed by atoms with E-state index in [9.17, 15) is 0 Å². The fourth-order valence-corrected chi connectivity index (χ4v) is 2.21. The lowest BCUT2D eigenvalue weighted by Gasteiger charge is -2.25. The molecule has 3 nitrogen and oxygen atoms in total. The number of methoxy groups -OCH3 is 1. The third-order valence-electron chi connectivity index (χ3n) is 3.59. The van der Waals surface area contributed by atoms with Crippen LogP contribution in [0.4, 0.5) is 0 Å². The number of nitrogens with zero attached hydrogens (tertiary/aromatic N) is 2. The van der Waals surface area contributed by atoms with E-state index in [0.29, 0.717) is 12.6 Å². The zero-order chi connectivity index (χ0) is 14.4. The van der Waals surface area contributed by atoms with Gasteiger partial charge in [-0.1, -0.05) is 30.3 Å². The second-order valence-electron chi connectivity index (χ2n) is 5.13. The molecule has 0 aliphatic heterocycles. The second kappa shape index (κ2) is 7.17. The van der Waals surface area contributed by atoms with Crippen molar-refractivity contribution < 1.29 is 4.74 Å². The first kappa shape index (κ1) is 14.7. The van der Waals surface area contributed by atoms with Crippen molar-refractivity contribution in [3.63, 3.8) is 0 Å². The molecule has 1 atom stereocenters. The van der Waals surface area contributed by atoms with Gasteiger partial charge in [-0.3, -0.25) is 9.88 Å². The lowest BCUT2D eigenvalue weighted by Crippen LogP contribution is -2.22. The predicted molar refractivity (Wildman–Crippen MR) is 81.3 cm³/mol. The van der Waals surface area contributed by atoms with Crippen LogP contribution in [0.15, 0.2) is 48.8 Å². The summed E-state index contributed by atoms with van der Waals surface area (Å²) in [6.07, 6.45) is 3.74. The largest absolute Gasteiger partial charge is 0.380 e. The van der Waals surface area contributed by atoms with Crippen LogP contribution in [0.5, 0.6) is 0 Å². The zero-order valence-electron chi connectivity index (χ0n) is 12.4. The van der Waals surface area contributed by atoms with Gasteiger partial charge in [0.1, 0.15) is 0 Å². The van der Waals surface area contributed by atoms with Gasteiger partial charge < -0.3 is 4.74 Å². The van der Waals surface area contributed by atoms with Crippen molar-refractivity contribution in [2.45, 2.75) is 26.1 Å². The molecule has 1 unspecified atom stereocenters. The van der Waals surface area contributed by atoms with Crippen LogP contribution < -0.4 is 0 Å². The van der Waals surface area contributed by atoms with Crippen LogP contribution in [-0.4, -0.2) is 24.0 Å². The highest BCUT2D eigenvalue weighted by Gasteiger charge is 2.11. The first-order valence-corrected chi connectivity index (χ1v) is 6.87. The minimum Gasteiger partial charge on any atom is -0.380 e. The molecule has 0 N–H and O–H groups in total. The molecule has 2 aromatic rings. The van der Waals surface area contributed by atoms with Crippen LogP contribution in [-0.2, 0) is 17.9 Å². The van der Waals surface area contributed by atoms with Crippen LogP contribution in [0.25, 0.3) is 0 Å². The van der Waals surface area contributed by atoms with E-state index >= 15 is 0 Å². The molecule has 0 aliphatic rings. The summed E-state index contributed by atoms with van der Waals surface area (Å²) in [6.45, 7) is 3.79. The number of benzene rings is 1. The molecule has 20 heavy (non-hydrogen) atoms. The second-order valence-corrected chi connectivity index (χ2v) is 5.13. The molecule has 0 radical (unpaired) electrons. The van der Waals surface area contributed by atoms with E-state index in [1.165, 1.54) is 16.7 Å². The Morgan fingerprint density at radius 2 is 1.85 bits per heavy atom. The normalized spacial score (nSPS) is 12.6. The predicted octanol–water partition coefficient (Wildman–Crippen LogP) is 3.42. The fourth-order valence-electron chi connectivity index (χ4n) is 2.21. The highest BCUT2D eigenvalue weighted by molar-refractivity contribution is 5.22. The van der Waals surface area contributed by atoms with E-state index in [1.807, 2.05) is 18.5 Å². The monoisotopic (exact) mass is 270 g/mol. The highest BCUT2D eigenvalue weighted by atomic mass is 16.5. The quantitative estimate of drug-likeness (QED) is 0.804. The summed E-state index contributed by atoms with van der Waals surface area (Å²) in [5.41, 5.74) is 3.76. The summed E-state index contributed by atoms with van der Waals surface area (Å²) in [5.74, 6) is 0. The molecule has 1 heterocycles. The van der Waals surface area contributed by atoms with Crippen LogP contribution in [0, 0.1) is 0 Å². The first-order chi connectivity index (χ1) is 9.70. The Labute approximate surface area is 121 Å². The number of ether oxygens (including phenoxy) is 1. The zero-order valence-corrected chi connectivity index (χ0v) is 12.4. The SMILES string of the molecule is COCc1ccc(CN(C)C(C)c2cccnc2)cc1. The topological polar surface area (TPSA) is 25.4 Å². The average molecular weight is 270 g/mol. The summed E-state index contributed by atoms with van der Waals surface area (Å²) in [6, 6.07) is 13.0. The van der Waals surface area contributed by atoms with E-state index in [-0.39, 0.29) is 0 Å². The number of pyridine rings is 1. The Kier molecular flexibility index (Phi) is 5.27. The van der Waals surface area contributed by atoms with E-state index in [0.717, 1.165) is 6.54 Å². The lowest BCUT2D eigenvalue weighted by atomic mass is 10.1. The third kappa shape index (κ3) is 3.89. The van der Waals surface area contributed by atoms with E-state index in [1.54, 1.807) is 7.11 Å². The summed E-state index contributed by atoms with van der Waals surface area (Å²) < 4.78 is 5.13. The van der Waals surface area contributed by atoms with Gasteiger partial charge in [-0.2, -0.15) is 0 Å². The minimum absolute atomic E-state index is 0.349. The molecule has 0 spiro atoms. The van der Waals surface area contributed by atoms with Crippen molar-refractivity contribution in [1.29, 1.82) is 0 Å². The molecule has 0 saturated heterocycles. The van der Waals surface area contributed by atoms with Crippen molar-refractivity contribution in [1.82, 2.24) is 9.88 Å². The summed E-state index contributed by atoms with van der Waals surface area (Å²) in [7, 11) is 3.86. The third-order valence-corrected chi connectivity index (χ3v) is 3.59. The molecule has 0 bridgehead atoms. The number of hydrogen-bond acceptors (Lipinski definition) is 3. The Morgan fingerprint density at radius 3 is 2.45 bits per heavy atom. The van der Waals surface area contributed by atoms with Gasteiger partial charge in [0.05, 0.1) is 6.61 Å². The van der Waals surface area contributed by atoms with Crippen LogP contribution in [0.1, 0.15) is 29.7 Å². The van der Waals surface area contributed by atoms with Crippen LogP contribution in [0.2, 0.25) is 0 Å². The minimum atomic E-state index is 0.349. The maximum absolute atomic E-state index is 5.13. The lowest BCUT2D eigenvalue weighted by molar-refractivity contribution is 0.185. The van der Waals surface area contributed by atoms with Gasteiger partial charge in [0.25, 0.3) is 0 Å². The number of rotatable bonds is 6. The number of aromatic nitrogens is 1. The van der Waals surface area contributed by atoms with Gasteiger partial charge in [-0.25, -0.2) is 0 Å². The van der Waals surface area contributed by atoms with Gasteiger partial charge in [0.2, 0.25) is 0 Å². The average Bonchev–Trinajstić information content (AvgIpc) is 2.49. The van der Waals surface area contributed by atoms with Crippen molar-refractivity contribution in [2.24, 2.45) is 0 Å². The van der Waals surface area contributed by atoms with Gasteiger partial charge >= 0.3 is 0 Å².